The molecule has 0 saturated carbocycles. The lowest BCUT2D eigenvalue weighted by atomic mass is 10.2. The van der Waals surface area contributed by atoms with Gasteiger partial charge >= 0.3 is 6.18 Å². The van der Waals surface area contributed by atoms with Gasteiger partial charge < -0.3 is 5.32 Å². The Hall–Kier alpha value is -2.19. The Kier molecular flexibility index (Phi) is 4.90. The molecule has 2 aromatic carbocycles. The maximum absolute atomic E-state index is 12.9. The molecule has 0 bridgehead atoms. The standard InChI is InChI=1S/C17H12ClF3N2O2S/c1-9-3-2-4-11(7-9)23-15(24)14(26-16(23)25)22-13-8-10(17(19,20)21)5-6-12(13)18/h2-8,14,22H,1H3. The van der Waals surface area contributed by atoms with Gasteiger partial charge in [-0.05, 0) is 54.6 Å². The van der Waals surface area contributed by atoms with Gasteiger partial charge in [0.2, 0.25) is 0 Å². The fraction of sp³-hybridized carbons (Fsp3) is 0.176. The number of alkyl halides is 3. The minimum absolute atomic E-state index is 0.0212. The Balaban J connectivity index is 1.86. The lowest BCUT2D eigenvalue weighted by molar-refractivity contribution is -0.137. The van der Waals surface area contributed by atoms with Gasteiger partial charge in [-0.3, -0.25) is 9.59 Å². The number of hydrogen-bond acceptors (Lipinski definition) is 4. The van der Waals surface area contributed by atoms with E-state index < -0.39 is 28.3 Å². The van der Waals surface area contributed by atoms with Crippen LogP contribution in [0.25, 0.3) is 0 Å². The summed E-state index contributed by atoms with van der Waals surface area (Å²) in [6, 6.07) is 9.58. The van der Waals surface area contributed by atoms with Gasteiger partial charge in [-0.15, -0.1) is 0 Å². The molecule has 1 aliphatic heterocycles. The highest BCUT2D eigenvalue weighted by Crippen LogP contribution is 2.37. The number of carbonyl (C=O) groups is 2. The van der Waals surface area contributed by atoms with Crippen molar-refractivity contribution in [3.63, 3.8) is 0 Å². The first-order valence-electron chi connectivity index (χ1n) is 7.41. The number of aryl methyl sites for hydroxylation is 1. The smallest absolute Gasteiger partial charge is 0.364 e. The summed E-state index contributed by atoms with van der Waals surface area (Å²) in [5.74, 6) is -0.570. The largest absolute Gasteiger partial charge is 0.416 e. The number of carbonyl (C=O) groups excluding carboxylic acids is 2. The first-order valence-corrected chi connectivity index (χ1v) is 8.67. The number of thioether (sulfide) groups is 1. The lowest BCUT2D eigenvalue weighted by Crippen LogP contribution is -2.34. The number of rotatable bonds is 3. The van der Waals surface area contributed by atoms with Crippen LogP contribution in [0.3, 0.4) is 0 Å². The second-order valence-electron chi connectivity index (χ2n) is 5.61. The van der Waals surface area contributed by atoms with Crippen molar-refractivity contribution in [2.45, 2.75) is 18.5 Å². The average Bonchev–Trinajstić information content (AvgIpc) is 2.82. The molecule has 26 heavy (non-hydrogen) atoms. The third-order valence-corrected chi connectivity index (χ3v) is 4.96. The molecule has 1 fully saturated rings. The monoisotopic (exact) mass is 400 g/mol. The molecular formula is C17H12ClF3N2O2S. The van der Waals surface area contributed by atoms with Crippen LogP contribution >= 0.6 is 23.4 Å². The van der Waals surface area contributed by atoms with E-state index in [2.05, 4.69) is 5.32 Å². The fourth-order valence-electron chi connectivity index (χ4n) is 2.46. The van der Waals surface area contributed by atoms with Crippen LogP contribution in [0.1, 0.15) is 11.1 Å². The molecule has 0 aliphatic carbocycles. The molecule has 0 spiro atoms. The summed E-state index contributed by atoms with van der Waals surface area (Å²) in [5.41, 5.74) is 0.310. The van der Waals surface area contributed by atoms with Gasteiger partial charge in [-0.2, -0.15) is 13.2 Å². The van der Waals surface area contributed by atoms with Crippen LogP contribution in [0.5, 0.6) is 0 Å². The Labute approximate surface area is 156 Å². The third kappa shape index (κ3) is 3.66. The Morgan fingerprint density at radius 3 is 2.54 bits per heavy atom. The van der Waals surface area contributed by atoms with E-state index in [0.717, 1.165) is 28.7 Å². The number of amides is 2. The van der Waals surface area contributed by atoms with Crippen molar-refractivity contribution in [1.29, 1.82) is 0 Å². The zero-order valence-corrected chi connectivity index (χ0v) is 14.9. The Bertz CT molecular complexity index is 889. The number of anilines is 2. The second-order valence-corrected chi connectivity index (χ2v) is 7.08. The molecule has 1 aliphatic rings. The summed E-state index contributed by atoms with van der Waals surface area (Å²) < 4.78 is 38.6. The van der Waals surface area contributed by atoms with Crippen LogP contribution in [0, 0.1) is 6.92 Å². The highest BCUT2D eigenvalue weighted by atomic mass is 35.5. The van der Waals surface area contributed by atoms with Gasteiger partial charge in [0.15, 0.2) is 5.37 Å². The summed E-state index contributed by atoms with van der Waals surface area (Å²) in [6.45, 7) is 1.82. The molecule has 2 amide bonds. The molecule has 2 aromatic rings. The lowest BCUT2D eigenvalue weighted by Gasteiger charge is -2.17. The molecule has 136 valence electrons. The van der Waals surface area contributed by atoms with Crippen molar-refractivity contribution >= 4 is 45.9 Å². The molecule has 0 aromatic heterocycles. The average molecular weight is 401 g/mol. The van der Waals surface area contributed by atoms with Gasteiger partial charge in [0.05, 0.1) is 22.0 Å². The van der Waals surface area contributed by atoms with Crippen LogP contribution in [0.15, 0.2) is 42.5 Å². The summed E-state index contributed by atoms with van der Waals surface area (Å²) in [6.07, 6.45) is -4.54. The van der Waals surface area contributed by atoms with Gasteiger partial charge in [-0.1, -0.05) is 23.7 Å². The summed E-state index contributed by atoms with van der Waals surface area (Å²) in [7, 11) is 0. The maximum Gasteiger partial charge on any atom is 0.416 e. The van der Waals surface area contributed by atoms with Crippen LogP contribution in [-0.2, 0) is 11.0 Å². The molecule has 1 heterocycles. The molecule has 1 saturated heterocycles. The van der Waals surface area contributed by atoms with Gasteiger partial charge in [0.1, 0.15) is 0 Å². The van der Waals surface area contributed by atoms with Gasteiger partial charge in [-0.25, -0.2) is 4.90 Å². The number of hydrogen-bond donors (Lipinski definition) is 1. The molecule has 1 atom stereocenters. The predicted octanol–water partition coefficient (Wildman–Crippen LogP) is 5.31. The van der Waals surface area contributed by atoms with Crippen LogP contribution < -0.4 is 10.2 Å². The van der Waals surface area contributed by atoms with E-state index in [1.165, 1.54) is 0 Å². The van der Waals surface area contributed by atoms with Crippen molar-refractivity contribution in [3.05, 3.63) is 58.6 Å². The second kappa shape index (κ2) is 6.85. The number of benzene rings is 2. The van der Waals surface area contributed by atoms with E-state index in [1.807, 2.05) is 13.0 Å². The van der Waals surface area contributed by atoms with Gasteiger partial charge in [0, 0.05) is 0 Å². The zero-order valence-electron chi connectivity index (χ0n) is 13.3. The van der Waals surface area contributed by atoms with Crippen LogP contribution in [0.2, 0.25) is 5.02 Å². The zero-order chi connectivity index (χ0) is 19.1. The van der Waals surface area contributed by atoms with Crippen molar-refractivity contribution in [2.24, 2.45) is 0 Å². The molecule has 1 unspecified atom stereocenters. The van der Waals surface area contributed by atoms with E-state index >= 15 is 0 Å². The van der Waals surface area contributed by atoms with E-state index in [9.17, 15) is 22.8 Å². The van der Waals surface area contributed by atoms with Crippen molar-refractivity contribution in [1.82, 2.24) is 0 Å². The summed E-state index contributed by atoms with van der Waals surface area (Å²) in [5, 5.41) is 1.08. The summed E-state index contributed by atoms with van der Waals surface area (Å²) >= 11 is 6.62. The number of imide groups is 1. The van der Waals surface area contributed by atoms with E-state index in [0.29, 0.717) is 17.4 Å². The van der Waals surface area contributed by atoms with Crippen LogP contribution in [-0.4, -0.2) is 16.5 Å². The molecule has 3 rings (SSSR count). The third-order valence-electron chi connectivity index (χ3n) is 3.69. The first-order chi connectivity index (χ1) is 12.2. The SMILES string of the molecule is Cc1cccc(N2C(=O)SC(Nc3cc(C(F)(F)F)ccc3Cl)C2=O)c1. The predicted molar refractivity (Wildman–Crippen MR) is 95.5 cm³/mol. The highest BCUT2D eigenvalue weighted by molar-refractivity contribution is 8.16. The first kappa shape index (κ1) is 18.6. The molecule has 4 nitrogen and oxygen atoms in total. The number of nitrogens with one attached hydrogen (secondary N) is 1. The van der Waals surface area contributed by atoms with Crippen LogP contribution in [0.4, 0.5) is 29.3 Å². The fourth-order valence-corrected chi connectivity index (χ4v) is 3.52. The highest BCUT2D eigenvalue weighted by Gasteiger charge is 2.41. The van der Waals surface area contributed by atoms with Crippen molar-refractivity contribution in [2.75, 3.05) is 10.2 Å². The maximum atomic E-state index is 12.9. The molecule has 0 radical (unpaired) electrons. The Morgan fingerprint density at radius 2 is 1.88 bits per heavy atom. The minimum atomic E-state index is -4.54. The number of halogens is 4. The molecule has 9 heteroatoms. The molecule has 1 N–H and O–H groups in total. The van der Waals surface area contributed by atoms with Gasteiger partial charge in [0.25, 0.3) is 11.1 Å². The Morgan fingerprint density at radius 1 is 1.15 bits per heavy atom. The van der Waals surface area contributed by atoms with Crippen molar-refractivity contribution in [3.8, 4) is 0 Å². The topological polar surface area (TPSA) is 49.4 Å². The quantitative estimate of drug-likeness (QED) is 0.759. The minimum Gasteiger partial charge on any atom is -0.364 e. The normalized spacial score (nSPS) is 17.7. The van der Waals surface area contributed by atoms with E-state index in [4.69, 9.17) is 11.6 Å². The van der Waals surface area contributed by atoms with E-state index in [1.54, 1.807) is 18.2 Å². The molecular weight excluding hydrogens is 389 g/mol. The van der Waals surface area contributed by atoms with E-state index in [-0.39, 0.29) is 10.7 Å². The summed E-state index contributed by atoms with van der Waals surface area (Å²) in [4.78, 5) is 25.8. The van der Waals surface area contributed by atoms with Crippen molar-refractivity contribution < 1.29 is 22.8 Å². The number of nitrogens with zero attached hydrogens (tertiary/aromatic N) is 1.